The summed E-state index contributed by atoms with van der Waals surface area (Å²) in [6, 6.07) is 24.2. The average Bonchev–Trinajstić information content (AvgIpc) is 3.56. The molecule has 1 aliphatic carbocycles. The van der Waals surface area contributed by atoms with Gasteiger partial charge in [-0.3, -0.25) is 9.59 Å². The summed E-state index contributed by atoms with van der Waals surface area (Å²) in [6.07, 6.45) is 0.855. The standard InChI is InChI=1S/C25H23ClN2O2/c1-16(27-25(30)23-15-22(23)17-10-12-20(26)13-11-17)19-8-5-9-21(14-19)28-24(29)18-6-3-2-4-7-18/h2-14,16,22-23H,15H2,1H3,(H,27,30)(H,28,29). The van der Waals surface area contributed by atoms with Crippen LogP contribution in [-0.2, 0) is 4.79 Å². The molecule has 0 bridgehead atoms. The van der Waals surface area contributed by atoms with E-state index in [1.54, 1.807) is 12.1 Å². The molecule has 3 atom stereocenters. The van der Waals surface area contributed by atoms with Crippen LogP contribution >= 0.6 is 11.6 Å². The van der Waals surface area contributed by atoms with Gasteiger partial charge in [0.15, 0.2) is 0 Å². The van der Waals surface area contributed by atoms with E-state index in [0.29, 0.717) is 16.3 Å². The van der Waals surface area contributed by atoms with Crippen LogP contribution in [0.3, 0.4) is 0 Å². The Labute approximate surface area is 181 Å². The second-order valence-corrected chi connectivity index (χ2v) is 8.11. The van der Waals surface area contributed by atoms with Crippen LogP contribution in [0, 0.1) is 5.92 Å². The fraction of sp³-hybridized carbons (Fsp3) is 0.200. The van der Waals surface area contributed by atoms with Crippen molar-refractivity contribution in [2.45, 2.75) is 25.3 Å². The molecule has 2 amide bonds. The van der Waals surface area contributed by atoms with E-state index in [4.69, 9.17) is 11.6 Å². The third-order valence-corrected chi connectivity index (χ3v) is 5.72. The molecule has 0 spiro atoms. The molecule has 4 rings (SSSR count). The molecule has 152 valence electrons. The van der Waals surface area contributed by atoms with Gasteiger partial charge in [0, 0.05) is 22.2 Å². The summed E-state index contributed by atoms with van der Waals surface area (Å²) < 4.78 is 0. The van der Waals surface area contributed by atoms with Gasteiger partial charge in [-0.15, -0.1) is 0 Å². The highest BCUT2D eigenvalue weighted by molar-refractivity contribution is 6.30. The number of rotatable bonds is 6. The van der Waals surface area contributed by atoms with E-state index in [2.05, 4.69) is 10.6 Å². The zero-order valence-corrected chi connectivity index (χ0v) is 17.4. The fourth-order valence-electron chi connectivity index (χ4n) is 3.65. The molecule has 3 unspecified atom stereocenters. The molecule has 3 aromatic carbocycles. The molecule has 2 N–H and O–H groups in total. The molecule has 1 aliphatic rings. The minimum atomic E-state index is -0.159. The lowest BCUT2D eigenvalue weighted by molar-refractivity contribution is -0.123. The van der Waals surface area contributed by atoms with E-state index in [1.807, 2.05) is 73.7 Å². The number of benzene rings is 3. The number of hydrogen-bond acceptors (Lipinski definition) is 2. The van der Waals surface area contributed by atoms with E-state index in [0.717, 1.165) is 17.5 Å². The van der Waals surface area contributed by atoms with E-state index in [1.165, 1.54) is 0 Å². The summed E-state index contributed by atoms with van der Waals surface area (Å²) in [4.78, 5) is 25.1. The summed E-state index contributed by atoms with van der Waals surface area (Å²) in [5.74, 6) is 0.148. The van der Waals surface area contributed by atoms with Gasteiger partial charge in [0.25, 0.3) is 5.91 Å². The number of halogens is 1. The van der Waals surface area contributed by atoms with Crippen molar-refractivity contribution >= 4 is 29.1 Å². The monoisotopic (exact) mass is 418 g/mol. The van der Waals surface area contributed by atoms with Crippen molar-refractivity contribution in [1.29, 1.82) is 0 Å². The van der Waals surface area contributed by atoms with Gasteiger partial charge < -0.3 is 10.6 Å². The van der Waals surface area contributed by atoms with E-state index in [-0.39, 0.29) is 29.7 Å². The molecule has 5 heteroatoms. The third-order valence-electron chi connectivity index (χ3n) is 5.46. The smallest absolute Gasteiger partial charge is 0.255 e. The van der Waals surface area contributed by atoms with E-state index in [9.17, 15) is 9.59 Å². The highest BCUT2D eigenvalue weighted by Gasteiger charge is 2.44. The largest absolute Gasteiger partial charge is 0.349 e. The van der Waals surface area contributed by atoms with Gasteiger partial charge in [0.1, 0.15) is 0 Å². The molecular formula is C25H23ClN2O2. The molecule has 30 heavy (non-hydrogen) atoms. The quantitative estimate of drug-likeness (QED) is 0.549. The SMILES string of the molecule is CC(NC(=O)C1CC1c1ccc(Cl)cc1)c1cccc(NC(=O)c2ccccc2)c1. The fourth-order valence-corrected chi connectivity index (χ4v) is 3.77. The van der Waals surface area contributed by atoms with E-state index < -0.39 is 0 Å². The summed E-state index contributed by atoms with van der Waals surface area (Å²) >= 11 is 5.95. The Bertz CT molecular complexity index is 1050. The summed E-state index contributed by atoms with van der Waals surface area (Å²) in [6.45, 7) is 1.95. The number of nitrogens with one attached hydrogen (secondary N) is 2. The maximum atomic E-state index is 12.7. The lowest BCUT2D eigenvalue weighted by Gasteiger charge is -2.16. The molecule has 4 nitrogen and oxygen atoms in total. The summed E-state index contributed by atoms with van der Waals surface area (Å²) in [5.41, 5.74) is 3.40. The molecule has 0 heterocycles. The number of amides is 2. The first-order valence-corrected chi connectivity index (χ1v) is 10.4. The highest BCUT2D eigenvalue weighted by atomic mass is 35.5. The topological polar surface area (TPSA) is 58.2 Å². The molecule has 1 saturated carbocycles. The molecule has 0 aromatic heterocycles. The zero-order valence-electron chi connectivity index (χ0n) is 16.6. The molecule has 1 fully saturated rings. The van der Waals surface area contributed by atoms with Crippen LogP contribution in [0.25, 0.3) is 0 Å². The maximum Gasteiger partial charge on any atom is 0.255 e. The van der Waals surface area contributed by atoms with Gasteiger partial charge in [-0.2, -0.15) is 0 Å². The van der Waals surface area contributed by atoms with Crippen molar-refractivity contribution in [2.24, 2.45) is 5.92 Å². The van der Waals surface area contributed by atoms with Gasteiger partial charge in [-0.25, -0.2) is 0 Å². The Morgan fingerprint density at radius 3 is 2.43 bits per heavy atom. The Morgan fingerprint density at radius 2 is 1.70 bits per heavy atom. The molecular weight excluding hydrogens is 396 g/mol. The Morgan fingerprint density at radius 1 is 0.967 bits per heavy atom. The second-order valence-electron chi connectivity index (χ2n) is 7.68. The van der Waals surface area contributed by atoms with Crippen molar-refractivity contribution in [1.82, 2.24) is 5.32 Å². The lowest BCUT2D eigenvalue weighted by Crippen LogP contribution is -2.28. The Hall–Kier alpha value is -3.11. The van der Waals surface area contributed by atoms with Crippen LogP contribution in [0.2, 0.25) is 5.02 Å². The molecule has 0 saturated heterocycles. The minimum Gasteiger partial charge on any atom is -0.349 e. The summed E-state index contributed by atoms with van der Waals surface area (Å²) in [5, 5.41) is 6.72. The van der Waals surface area contributed by atoms with Crippen LogP contribution in [-0.4, -0.2) is 11.8 Å². The van der Waals surface area contributed by atoms with Gasteiger partial charge >= 0.3 is 0 Å². The first kappa shape index (κ1) is 20.2. The van der Waals surface area contributed by atoms with Crippen LogP contribution in [0.1, 0.15) is 46.8 Å². The Balaban J connectivity index is 1.36. The van der Waals surface area contributed by atoms with E-state index >= 15 is 0 Å². The normalized spacial score (nSPS) is 18.3. The predicted molar refractivity (Wildman–Crippen MR) is 120 cm³/mol. The number of carbonyl (C=O) groups excluding carboxylic acids is 2. The molecule has 3 aromatic rings. The molecule has 0 radical (unpaired) electrons. The van der Waals surface area contributed by atoms with Crippen molar-refractivity contribution < 1.29 is 9.59 Å². The van der Waals surface area contributed by atoms with Gasteiger partial charge in [-0.1, -0.05) is 54.1 Å². The van der Waals surface area contributed by atoms with Crippen molar-refractivity contribution in [2.75, 3.05) is 5.32 Å². The van der Waals surface area contributed by atoms with Crippen molar-refractivity contribution in [3.8, 4) is 0 Å². The van der Waals surface area contributed by atoms with Crippen LogP contribution in [0.15, 0.2) is 78.9 Å². The first-order chi connectivity index (χ1) is 14.5. The number of hydrogen-bond donors (Lipinski definition) is 2. The Kier molecular flexibility index (Phi) is 5.86. The second kappa shape index (κ2) is 8.72. The average molecular weight is 419 g/mol. The molecule has 0 aliphatic heterocycles. The third kappa shape index (κ3) is 4.71. The van der Waals surface area contributed by atoms with Crippen molar-refractivity contribution in [3.05, 3.63) is 101 Å². The van der Waals surface area contributed by atoms with Gasteiger partial charge in [0.2, 0.25) is 5.91 Å². The van der Waals surface area contributed by atoms with Gasteiger partial charge in [0.05, 0.1) is 6.04 Å². The predicted octanol–water partition coefficient (Wildman–Crippen LogP) is 5.57. The zero-order chi connectivity index (χ0) is 21.1. The van der Waals surface area contributed by atoms with Crippen molar-refractivity contribution in [3.63, 3.8) is 0 Å². The number of anilines is 1. The van der Waals surface area contributed by atoms with Crippen LogP contribution in [0.4, 0.5) is 5.69 Å². The summed E-state index contributed by atoms with van der Waals surface area (Å²) in [7, 11) is 0. The van der Waals surface area contributed by atoms with Gasteiger partial charge in [-0.05, 0) is 66.8 Å². The first-order valence-electron chi connectivity index (χ1n) is 10.0. The number of carbonyl (C=O) groups is 2. The highest BCUT2D eigenvalue weighted by Crippen LogP contribution is 2.48. The van der Waals surface area contributed by atoms with Crippen LogP contribution < -0.4 is 10.6 Å². The maximum absolute atomic E-state index is 12.7. The minimum absolute atomic E-state index is 0.00501. The van der Waals surface area contributed by atoms with Crippen LogP contribution in [0.5, 0.6) is 0 Å². The lowest BCUT2D eigenvalue weighted by atomic mass is 10.1.